The molecule has 100 valence electrons. The van der Waals surface area contributed by atoms with E-state index in [1.165, 1.54) is 0 Å². The van der Waals surface area contributed by atoms with Gasteiger partial charge in [-0.15, -0.1) is 0 Å². The Morgan fingerprint density at radius 2 is 1.35 bits per heavy atom. The molecule has 20 heavy (non-hydrogen) atoms. The van der Waals surface area contributed by atoms with Crippen LogP contribution >= 0.6 is 0 Å². The fourth-order valence-electron chi connectivity index (χ4n) is 1.80. The largest absolute Gasteiger partial charge is 0.475 e. The zero-order chi connectivity index (χ0) is 14.5. The second kappa shape index (κ2) is 5.93. The summed E-state index contributed by atoms with van der Waals surface area (Å²) in [5.41, 5.74) is 2.30. The van der Waals surface area contributed by atoms with Crippen LogP contribution in [0.5, 0.6) is 0 Å². The van der Waals surface area contributed by atoms with Crippen molar-refractivity contribution in [1.29, 1.82) is 0 Å². The molecule has 1 N–H and O–H groups in total. The van der Waals surface area contributed by atoms with Gasteiger partial charge in [0, 0.05) is 5.56 Å². The van der Waals surface area contributed by atoms with Crippen LogP contribution in [-0.4, -0.2) is 22.6 Å². The van der Waals surface area contributed by atoms with Crippen LogP contribution in [0.4, 0.5) is 0 Å². The number of carbonyl (C=O) groups excluding carboxylic acids is 2. The van der Waals surface area contributed by atoms with Crippen molar-refractivity contribution in [2.45, 2.75) is 6.42 Å². The predicted octanol–water partition coefficient (Wildman–Crippen LogP) is 2.58. The number of hydrogen-bond donors (Lipinski definition) is 1. The summed E-state index contributed by atoms with van der Waals surface area (Å²) in [7, 11) is 0. The van der Waals surface area contributed by atoms with E-state index in [2.05, 4.69) is 0 Å². The lowest BCUT2D eigenvalue weighted by Gasteiger charge is -2.03. The fraction of sp³-hybridized carbons (Fsp3) is 0.0625. The smallest absolute Gasteiger partial charge is 0.372 e. The molecule has 4 heteroatoms. The van der Waals surface area contributed by atoms with Gasteiger partial charge >= 0.3 is 5.97 Å². The molecule has 2 rings (SSSR count). The number of carboxylic acids is 1. The van der Waals surface area contributed by atoms with Gasteiger partial charge in [-0.3, -0.25) is 9.59 Å². The highest BCUT2D eigenvalue weighted by atomic mass is 16.4. The third-order valence-corrected chi connectivity index (χ3v) is 2.87. The van der Waals surface area contributed by atoms with Gasteiger partial charge in [-0.1, -0.05) is 54.6 Å². The molecule has 0 radical (unpaired) electrons. The average molecular weight is 268 g/mol. The number of carbonyl (C=O) groups is 3. The first-order valence-electron chi connectivity index (χ1n) is 6.03. The lowest BCUT2D eigenvalue weighted by molar-refractivity contribution is -0.148. The van der Waals surface area contributed by atoms with E-state index in [-0.39, 0.29) is 0 Å². The summed E-state index contributed by atoms with van der Waals surface area (Å²) < 4.78 is 0. The molecule has 4 nitrogen and oxygen atoms in total. The molecule has 0 amide bonds. The number of ketones is 2. The topological polar surface area (TPSA) is 71.4 Å². The van der Waals surface area contributed by atoms with Gasteiger partial charge in [0.15, 0.2) is 5.78 Å². The molecule has 0 fully saturated rings. The molecule has 0 aliphatic heterocycles. The van der Waals surface area contributed by atoms with Crippen molar-refractivity contribution in [3.63, 3.8) is 0 Å². The molecular weight excluding hydrogens is 256 g/mol. The highest BCUT2D eigenvalue weighted by Gasteiger charge is 2.17. The molecule has 0 bridgehead atoms. The Kier molecular flexibility index (Phi) is 4.05. The average Bonchev–Trinajstić information content (AvgIpc) is 2.48. The fourth-order valence-corrected chi connectivity index (χ4v) is 1.80. The molecule has 0 saturated heterocycles. The Morgan fingerprint density at radius 3 is 1.90 bits per heavy atom. The summed E-state index contributed by atoms with van der Waals surface area (Å²) in [5, 5.41) is 8.47. The van der Waals surface area contributed by atoms with Crippen LogP contribution in [0.15, 0.2) is 54.6 Å². The van der Waals surface area contributed by atoms with E-state index < -0.39 is 24.0 Å². The van der Waals surface area contributed by atoms with Crippen LogP contribution in [0.25, 0.3) is 11.1 Å². The predicted molar refractivity (Wildman–Crippen MR) is 73.5 cm³/mol. The summed E-state index contributed by atoms with van der Waals surface area (Å²) in [4.78, 5) is 33.1. The molecule has 0 spiro atoms. The van der Waals surface area contributed by atoms with Crippen LogP contribution in [-0.2, 0) is 9.59 Å². The van der Waals surface area contributed by atoms with Crippen molar-refractivity contribution in [3.05, 3.63) is 60.2 Å². The lowest BCUT2D eigenvalue weighted by Crippen LogP contribution is -2.17. The van der Waals surface area contributed by atoms with Crippen LogP contribution in [0.3, 0.4) is 0 Å². The van der Waals surface area contributed by atoms with E-state index in [0.29, 0.717) is 5.56 Å². The Labute approximate surface area is 115 Å². The first kappa shape index (κ1) is 13.7. The highest BCUT2D eigenvalue weighted by Crippen LogP contribution is 2.19. The molecule has 2 aromatic rings. The number of rotatable bonds is 5. The Balaban J connectivity index is 2.14. The van der Waals surface area contributed by atoms with E-state index in [4.69, 9.17) is 5.11 Å². The Bertz CT molecular complexity index is 642. The van der Waals surface area contributed by atoms with Crippen molar-refractivity contribution >= 4 is 17.5 Å². The van der Waals surface area contributed by atoms with Gasteiger partial charge in [-0.05, 0) is 11.1 Å². The number of benzene rings is 2. The summed E-state index contributed by atoms with van der Waals surface area (Å²) in [6, 6.07) is 16.4. The minimum absolute atomic E-state index is 0.333. The summed E-state index contributed by atoms with van der Waals surface area (Å²) in [6.45, 7) is 0. The quantitative estimate of drug-likeness (QED) is 0.514. The van der Waals surface area contributed by atoms with Gasteiger partial charge in [0.2, 0.25) is 5.78 Å². The SMILES string of the molecule is O=C(O)C(=O)CC(=O)c1ccc(-c2ccccc2)cc1. The Hall–Kier alpha value is -2.75. The first-order valence-corrected chi connectivity index (χ1v) is 6.03. The number of carboxylic acid groups (broad SMARTS) is 1. The van der Waals surface area contributed by atoms with Crippen molar-refractivity contribution in [2.75, 3.05) is 0 Å². The van der Waals surface area contributed by atoms with E-state index in [1.54, 1.807) is 24.3 Å². The monoisotopic (exact) mass is 268 g/mol. The van der Waals surface area contributed by atoms with Gasteiger partial charge in [0.25, 0.3) is 0 Å². The van der Waals surface area contributed by atoms with Crippen molar-refractivity contribution in [1.82, 2.24) is 0 Å². The van der Waals surface area contributed by atoms with Crippen LogP contribution < -0.4 is 0 Å². The third kappa shape index (κ3) is 3.17. The molecule has 2 aromatic carbocycles. The standard InChI is InChI=1S/C16H12O4/c17-14(10-15(18)16(19)20)13-8-6-12(7-9-13)11-4-2-1-3-5-11/h1-9H,10H2,(H,19,20). The second-order valence-corrected chi connectivity index (χ2v) is 4.27. The molecule has 0 aromatic heterocycles. The first-order chi connectivity index (χ1) is 9.58. The second-order valence-electron chi connectivity index (χ2n) is 4.27. The van der Waals surface area contributed by atoms with Crippen LogP contribution in [0, 0.1) is 0 Å². The van der Waals surface area contributed by atoms with E-state index in [9.17, 15) is 14.4 Å². The van der Waals surface area contributed by atoms with Gasteiger partial charge in [-0.25, -0.2) is 4.79 Å². The van der Waals surface area contributed by atoms with Gasteiger partial charge in [-0.2, -0.15) is 0 Å². The lowest BCUT2D eigenvalue weighted by atomic mass is 10.0. The molecule has 0 saturated carbocycles. The maximum Gasteiger partial charge on any atom is 0.372 e. The molecular formula is C16H12O4. The maximum atomic E-state index is 11.7. The van der Waals surface area contributed by atoms with Gasteiger partial charge in [0.1, 0.15) is 0 Å². The highest BCUT2D eigenvalue weighted by molar-refractivity contribution is 6.37. The van der Waals surface area contributed by atoms with E-state index >= 15 is 0 Å². The molecule has 0 unspecified atom stereocenters. The minimum atomic E-state index is -1.58. The minimum Gasteiger partial charge on any atom is -0.475 e. The van der Waals surface area contributed by atoms with Gasteiger partial charge < -0.3 is 5.11 Å². The molecule has 0 atom stereocenters. The summed E-state index contributed by atoms with van der Waals surface area (Å²) in [6.07, 6.45) is -0.611. The maximum absolute atomic E-state index is 11.7. The van der Waals surface area contributed by atoms with Gasteiger partial charge in [0.05, 0.1) is 6.42 Å². The number of hydrogen-bond acceptors (Lipinski definition) is 3. The Morgan fingerprint density at radius 1 is 0.800 bits per heavy atom. The van der Waals surface area contributed by atoms with Crippen molar-refractivity contribution in [2.24, 2.45) is 0 Å². The van der Waals surface area contributed by atoms with E-state index in [0.717, 1.165) is 11.1 Å². The number of Topliss-reactive ketones (excluding diaryl/α,β-unsaturated/α-hetero) is 2. The number of aliphatic carboxylic acids is 1. The summed E-state index contributed by atoms with van der Waals surface area (Å²) >= 11 is 0. The molecule has 0 aliphatic carbocycles. The van der Waals surface area contributed by atoms with E-state index in [1.807, 2.05) is 30.3 Å². The third-order valence-electron chi connectivity index (χ3n) is 2.87. The van der Waals surface area contributed by atoms with Crippen molar-refractivity contribution in [3.8, 4) is 11.1 Å². The molecule has 0 heterocycles. The van der Waals surface area contributed by atoms with Crippen LogP contribution in [0.1, 0.15) is 16.8 Å². The summed E-state index contributed by atoms with van der Waals surface area (Å²) in [5.74, 6) is -3.17. The zero-order valence-corrected chi connectivity index (χ0v) is 10.6. The van der Waals surface area contributed by atoms with Crippen LogP contribution in [0.2, 0.25) is 0 Å². The molecule has 0 aliphatic rings. The normalized spacial score (nSPS) is 10.0. The zero-order valence-electron chi connectivity index (χ0n) is 10.6. The van der Waals surface area contributed by atoms with Crippen molar-refractivity contribution < 1.29 is 19.5 Å².